The predicted octanol–water partition coefficient (Wildman–Crippen LogP) is 4.68. The Labute approximate surface area is 151 Å². The van der Waals surface area contributed by atoms with Gasteiger partial charge in [0.15, 0.2) is 9.84 Å². The van der Waals surface area contributed by atoms with E-state index in [4.69, 9.17) is 16.3 Å². The summed E-state index contributed by atoms with van der Waals surface area (Å²) < 4.78 is 30.5. The maximum atomic E-state index is 13.1. The molecule has 138 valence electrons. The molecule has 0 bridgehead atoms. The molecule has 0 fully saturated rings. The fourth-order valence-electron chi connectivity index (χ4n) is 1.45. The Hall–Kier alpha value is -1.04. The molecule has 0 unspecified atom stereocenters. The molecule has 0 aliphatic carbocycles. The average molecular weight is 377 g/mol. The van der Waals surface area contributed by atoms with Crippen molar-refractivity contribution in [1.82, 2.24) is 0 Å². The molecular formula is C18H29ClO4S. The number of allylic oxidation sites excluding steroid dienone is 4. The maximum absolute atomic E-state index is 13.1. The van der Waals surface area contributed by atoms with Crippen molar-refractivity contribution in [1.29, 1.82) is 0 Å². The largest absolute Gasteiger partial charge is 0.460 e. The molecule has 0 aromatic heterocycles. The van der Waals surface area contributed by atoms with Crippen molar-refractivity contribution in [2.24, 2.45) is 5.41 Å². The van der Waals surface area contributed by atoms with E-state index in [0.717, 1.165) is 0 Å². The summed E-state index contributed by atoms with van der Waals surface area (Å²) in [5.41, 5.74) is -0.00231. The van der Waals surface area contributed by atoms with Crippen molar-refractivity contribution in [2.45, 2.75) is 53.2 Å². The van der Waals surface area contributed by atoms with Gasteiger partial charge in [-0.15, -0.1) is 0 Å². The second-order valence-corrected chi connectivity index (χ2v) is 10.2. The summed E-state index contributed by atoms with van der Waals surface area (Å²) in [6.07, 6.45) is 1.47. The van der Waals surface area contributed by atoms with Gasteiger partial charge in [-0.25, -0.2) is 8.42 Å². The third-order valence-electron chi connectivity index (χ3n) is 3.50. The summed E-state index contributed by atoms with van der Waals surface area (Å²) >= 11 is 6.21. The standard InChI is InChI=1S/C18H29ClO4S/c1-10-14(19)16(24(21,22)18(8,9)11-20)15(12(2)3)23-13(4)17(5,6)7/h10,20H,2,4,11H2,1,3,5-9H3/b14-10?,16-15-. The van der Waals surface area contributed by atoms with Crippen molar-refractivity contribution in [2.75, 3.05) is 6.61 Å². The zero-order valence-electron chi connectivity index (χ0n) is 15.7. The van der Waals surface area contributed by atoms with Crippen LogP contribution >= 0.6 is 11.6 Å². The van der Waals surface area contributed by atoms with Crippen molar-refractivity contribution < 1.29 is 18.3 Å². The van der Waals surface area contributed by atoms with Gasteiger partial charge in [0.25, 0.3) is 0 Å². The van der Waals surface area contributed by atoms with Crippen LogP contribution in [0.25, 0.3) is 0 Å². The third-order valence-corrected chi connectivity index (χ3v) is 6.55. The van der Waals surface area contributed by atoms with Gasteiger partial charge in [0.05, 0.1) is 16.4 Å². The zero-order valence-corrected chi connectivity index (χ0v) is 17.2. The summed E-state index contributed by atoms with van der Waals surface area (Å²) in [7, 11) is -3.99. The number of ether oxygens (including phenoxy) is 1. The van der Waals surface area contributed by atoms with Crippen LogP contribution in [0, 0.1) is 5.41 Å². The first-order valence-corrected chi connectivity index (χ1v) is 9.44. The van der Waals surface area contributed by atoms with E-state index in [-0.39, 0.29) is 15.7 Å². The summed E-state index contributed by atoms with van der Waals surface area (Å²) in [5, 5.41) is 9.53. The molecular weight excluding hydrogens is 348 g/mol. The number of hydrogen-bond donors (Lipinski definition) is 1. The van der Waals surface area contributed by atoms with Crippen LogP contribution in [0.2, 0.25) is 0 Å². The molecule has 0 heterocycles. The smallest absolute Gasteiger partial charge is 0.190 e. The normalized spacial score (nSPS) is 15.0. The second kappa shape index (κ2) is 7.89. The van der Waals surface area contributed by atoms with Crippen LogP contribution in [-0.2, 0) is 14.6 Å². The lowest BCUT2D eigenvalue weighted by atomic mass is 9.95. The van der Waals surface area contributed by atoms with Gasteiger partial charge in [-0.05, 0) is 33.3 Å². The van der Waals surface area contributed by atoms with E-state index >= 15 is 0 Å². The molecule has 0 aliphatic rings. The molecule has 0 aromatic carbocycles. The van der Waals surface area contributed by atoms with Crippen LogP contribution < -0.4 is 0 Å². The van der Waals surface area contributed by atoms with E-state index in [0.29, 0.717) is 11.3 Å². The van der Waals surface area contributed by atoms with Crippen molar-refractivity contribution in [3.05, 3.63) is 46.3 Å². The molecule has 0 aromatic rings. The quantitative estimate of drug-likeness (QED) is 0.517. The van der Waals surface area contributed by atoms with Gasteiger partial charge in [-0.2, -0.15) is 0 Å². The minimum absolute atomic E-state index is 0.0104. The molecule has 0 spiro atoms. The summed E-state index contributed by atoms with van der Waals surface area (Å²) in [6.45, 7) is 18.9. The summed E-state index contributed by atoms with van der Waals surface area (Å²) in [4.78, 5) is -0.191. The highest BCUT2D eigenvalue weighted by molar-refractivity contribution is 7.97. The highest BCUT2D eigenvalue weighted by Gasteiger charge is 2.41. The molecule has 0 rings (SSSR count). The molecule has 0 amide bonds. The highest BCUT2D eigenvalue weighted by Crippen LogP contribution is 2.38. The first kappa shape index (κ1) is 23.0. The van der Waals surface area contributed by atoms with Crippen LogP contribution in [0.15, 0.2) is 46.3 Å². The van der Waals surface area contributed by atoms with Gasteiger partial charge in [0.1, 0.15) is 16.4 Å². The van der Waals surface area contributed by atoms with Crippen molar-refractivity contribution in [3.8, 4) is 0 Å². The van der Waals surface area contributed by atoms with E-state index < -0.39 is 26.6 Å². The van der Waals surface area contributed by atoms with Gasteiger partial charge in [-0.3, -0.25) is 0 Å². The Morgan fingerprint density at radius 2 is 1.67 bits per heavy atom. The molecule has 0 atom stereocenters. The predicted molar refractivity (Wildman–Crippen MR) is 101 cm³/mol. The van der Waals surface area contributed by atoms with Gasteiger partial charge < -0.3 is 9.84 Å². The molecule has 0 saturated heterocycles. The molecule has 1 N–H and O–H groups in total. The lowest BCUT2D eigenvalue weighted by Gasteiger charge is -2.28. The topological polar surface area (TPSA) is 63.6 Å². The number of rotatable bonds is 7. The number of hydrogen-bond acceptors (Lipinski definition) is 4. The van der Waals surface area contributed by atoms with E-state index in [1.54, 1.807) is 13.8 Å². The molecule has 6 heteroatoms. The molecule has 24 heavy (non-hydrogen) atoms. The first-order chi connectivity index (χ1) is 10.6. The minimum Gasteiger partial charge on any atom is -0.460 e. The maximum Gasteiger partial charge on any atom is 0.190 e. The lowest BCUT2D eigenvalue weighted by Crippen LogP contribution is -2.37. The summed E-state index contributed by atoms with van der Waals surface area (Å²) in [6, 6.07) is 0. The molecule has 0 saturated carbocycles. The number of sulfone groups is 1. The Kier molecular flexibility index (Phi) is 7.55. The Morgan fingerprint density at radius 3 is 1.96 bits per heavy atom. The van der Waals surface area contributed by atoms with Gasteiger partial charge in [-0.1, -0.05) is 51.6 Å². The van der Waals surface area contributed by atoms with E-state index in [1.165, 1.54) is 19.9 Å². The average Bonchev–Trinajstić information content (AvgIpc) is 2.44. The zero-order chi connectivity index (χ0) is 19.5. The van der Waals surface area contributed by atoms with E-state index in [9.17, 15) is 13.5 Å². The number of aliphatic hydroxyl groups excluding tert-OH is 1. The van der Waals surface area contributed by atoms with Crippen LogP contribution in [0.1, 0.15) is 48.5 Å². The van der Waals surface area contributed by atoms with Crippen LogP contribution in [0.3, 0.4) is 0 Å². The number of aliphatic hydroxyl groups is 1. The van der Waals surface area contributed by atoms with Crippen LogP contribution in [0.4, 0.5) is 0 Å². The van der Waals surface area contributed by atoms with Gasteiger partial charge in [0, 0.05) is 5.41 Å². The van der Waals surface area contributed by atoms with Gasteiger partial charge in [0.2, 0.25) is 0 Å². The van der Waals surface area contributed by atoms with Crippen molar-refractivity contribution in [3.63, 3.8) is 0 Å². The molecule has 0 aliphatic heterocycles. The SMILES string of the molecule is C=C(C)/C(OC(=C)C(C)(C)C)=C(\C(Cl)=CC)S(=O)(=O)C(C)(C)CO. The summed E-state index contributed by atoms with van der Waals surface area (Å²) in [5.74, 6) is 0.426. The Morgan fingerprint density at radius 1 is 1.21 bits per heavy atom. The second-order valence-electron chi connectivity index (χ2n) is 7.27. The Bertz CT molecular complexity index is 674. The molecule has 4 nitrogen and oxygen atoms in total. The lowest BCUT2D eigenvalue weighted by molar-refractivity contribution is 0.224. The van der Waals surface area contributed by atoms with Crippen LogP contribution in [0.5, 0.6) is 0 Å². The first-order valence-electron chi connectivity index (χ1n) is 7.58. The van der Waals surface area contributed by atoms with Crippen LogP contribution in [-0.4, -0.2) is 24.9 Å². The van der Waals surface area contributed by atoms with Gasteiger partial charge >= 0.3 is 0 Å². The fraction of sp³-hybridized carbons (Fsp3) is 0.556. The van der Waals surface area contributed by atoms with E-state index in [2.05, 4.69) is 13.2 Å². The highest BCUT2D eigenvalue weighted by atomic mass is 35.5. The van der Waals surface area contributed by atoms with E-state index in [1.807, 2.05) is 20.8 Å². The third kappa shape index (κ3) is 4.98. The molecule has 0 radical (unpaired) electrons. The van der Waals surface area contributed by atoms with Crippen molar-refractivity contribution >= 4 is 21.4 Å². The monoisotopic (exact) mass is 376 g/mol. The number of halogens is 1. The fourth-order valence-corrected chi connectivity index (χ4v) is 3.40. The minimum atomic E-state index is -3.99. The Balaban J connectivity index is 6.71.